The fourth-order valence-corrected chi connectivity index (χ4v) is 1.61. The van der Waals surface area contributed by atoms with Gasteiger partial charge in [-0.1, -0.05) is 58.4 Å². The van der Waals surface area contributed by atoms with Crippen LogP contribution in [0, 0.1) is 0 Å². The molecule has 17 heavy (non-hydrogen) atoms. The monoisotopic (exact) mass is 240 g/mol. The predicted molar refractivity (Wildman–Crippen MR) is 68.5 cm³/mol. The molecule has 98 valence electrons. The molecule has 0 spiro atoms. The van der Waals surface area contributed by atoms with Gasteiger partial charge in [-0.15, -0.1) is 0 Å². The van der Waals surface area contributed by atoms with E-state index < -0.39 is 11.9 Å². The fourth-order valence-electron chi connectivity index (χ4n) is 1.61. The van der Waals surface area contributed by atoms with Crippen molar-refractivity contribution in [1.82, 2.24) is 0 Å². The van der Waals surface area contributed by atoms with E-state index in [-0.39, 0.29) is 0 Å². The van der Waals surface area contributed by atoms with Crippen molar-refractivity contribution in [2.75, 3.05) is 0 Å². The zero-order valence-corrected chi connectivity index (χ0v) is 10.9. The molecule has 0 unspecified atom stereocenters. The number of carbonyl (C=O) groups excluding carboxylic acids is 2. The summed E-state index contributed by atoms with van der Waals surface area (Å²) in [5.74, 6) is -1.10. The van der Waals surface area contributed by atoms with Gasteiger partial charge in [0.05, 0.1) is 0 Å². The maximum atomic E-state index is 11.1. The molecule has 0 rings (SSSR count). The van der Waals surface area contributed by atoms with E-state index in [9.17, 15) is 9.59 Å². The summed E-state index contributed by atoms with van der Waals surface area (Å²) < 4.78 is 4.46. The van der Waals surface area contributed by atoms with Gasteiger partial charge in [-0.2, -0.15) is 0 Å². The molecule has 0 aliphatic carbocycles. The first-order valence-corrected chi connectivity index (χ1v) is 6.57. The fraction of sp³-hybridized carbons (Fsp3) is 0.714. The lowest BCUT2D eigenvalue weighted by atomic mass is 10.1. The first-order chi connectivity index (χ1) is 8.20. The first-order valence-electron chi connectivity index (χ1n) is 6.57. The van der Waals surface area contributed by atoms with Crippen molar-refractivity contribution in [3.8, 4) is 0 Å². The smallest absolute Gasteiger partial charge is 0.337 e. The van der Waals surface area contributed by atoms with Gasteiger partial charge in [0.2, 0.25) is 0 Å². The average molecular weight is 240 g/mol. The van der Waals surface area contributed by atoms with E-state index in [4.69, 9.17) is 0 Å². The van der Waals surface area contributed by atoms with E-state index in [1.165, 1.54) is 32.1 Å². The van der Waals surface area contributed by atoms with Crippen LogP contribution < -0.4 is 0 Å². The first kappa shape index (κ1) is 15.9. The van der Waals surface area contributed by atoms with Gasteiger partial charge >= 0.3 is 11.9 Å². The zero-order valence-electron chi connectivity index (χ0n) is 10.9. The Morgan fingerprint density at radius 1 is 1.00 bits per heavy atom. The minimum absolute atomic E-state index is 0.328. The summed E-state index contributed by atoms with van der Waals surface area (Å²) in [6, 6.07) is 0. The van der Waals surface area contributed by atoms with Crippen molar-refractivity contribution < 1.29 is 14.3 Å². The van der Waals surface area contributed by atoms with Crippen LogP contribution in [0.1, 0.15) is 64.7 Å². The van der Waals surface area contributed by atoms with Gasteiger partial charge in [-0.3, -0.25) is 4.79 Å². The van der Waals surface area contributed by atoms with Gasteiger partial charge in [0.15, 0.2) is 0 Å². The molecule has 0 radical (unpaired) electrons. The molecule has 0 aromatic rings. The van der Waals surface area contributed by atoms with E-state index in [0.29, 0.717) is 6.42 Å². The summed E-state index contributed by atoms with van der Waals surface area (Å²) in [5, 5.41) is 0. The van der Waals surface area contributed by atoms with Gasteiger partial charge in [-0.05, 0) is 6.42 Å². The lowest BCUT2D eigenvalue weighted by Crippen LogP contribution is -2.09. The van der Waals surface area contributed by atoms with Gasteiger partial charge in [-0.25, -0.2) is 4.79 Å². The van der Waals surface area contributed by atoms with Crippen LogP contribution in [0.5, 0.6) is 0 Å². The maximum Gasteiger partial charge on any atom is 0.337 e. The van der Waals surface area contributed by atoms with Crippen LogP contribution >= 0.6 is 0 Å². The topological polar surface area (TPSA) is 43.4 Å². The second-order valence-electron chi connectivity index (χ2n) is 4.22. The third kappa shape index (κ3) is 11.1. The highest BCUT2D eigenvalue weighted by Crippen LogP contribution is 2.09. The summed E-state index contributed by atoms with van der Waals surface area (Å²) in [4.78, 5) is 21.8. The van der Waals surface area contributed by atoms with E-state index in [1.807, 2.05) is 0 Å². The van der Waals surface area contributed by atoms with Gasteiger partial charge in [0.25, 0.3) is 0 Å². The van der Waals surface area contributed by atoms with Crippen molar-refractivity contribution in [1.29, 1.82) is 0 Å². The van der Waals surface area contributed by atoms with Crippen molar-refractivity contribution >= 4 is 11.9 Å². The molecule has 0 bridgehead atoms. The highest BCUT2D eigenvalue weighted by molar-refractivity contribution is 5.91. The quantitative estimate of drug-likeness (QED) is 0.253. The summed E-state index contributed by atoms with van der Waals surface area (Å²) in [7, 11) is 0. The van der Waals surface area contributed by atoms with Crippen LogP contribution in [0.3, 0.4) is 0 Å². The van der Waals surface area contributed by atoms with E-state index in [0.717, 1.165) is 25.3 Å². The Bertz CT molecular complexity index is 234. The standard InChI is InChI=1S/C14H24O3/c1-3-5-6-7-8-9-10-11-12-14(16)17-13(15)4-2/h4H,2-3,5-12H2,1H3. The molecule has 0 aliphatic heterocycles. The molecule has 0 saturated heterocycles. The summed E-state index contributed by atoms with van der Waals surface area (Å²) in [5.41, 5.74) is 0. The third-order valence-corrected chi connectivity index (χ3v) is 2.62. The van der Waals surface area contributed by atoms with Gasteiger partial charge < -0.3 is 4.74 Å². The Morgan fingerprint density at radius 2 is 1.53 bits per heavy atom. The number of esters is 2. The van der Waals surface area contributed by atoms with E-state index in [1.54, 1.807) is 0 Å². The van der Waals surface area contributed by atoms with Gasteiger partial charge in [0, 0.05) is 12.5 Å². The Kier molecular flexibility index (Phi) is 10.6. The Morgan fingerprint density at radius 3 is 2.06 bits per heavy atom. The molecule has 3 nitrogen and oxygen atoms in total. The second-order valence-corrected chi connectivity index (χ2v) is 4.22. The van der Waals surface area contributed by atoms with Crippen LogP contribution in [0.4, 0.5) is 0 Å². The molecular formula is C14H24O3. The largest absolute Gasteiger partial charge is 0.390 e. The summed E-state index contributed by atoms with van der Waals surface area (Å²) in [6.45, 7) is 5.44. The molecule has 0 N–H and O–H groups in total. The molecule has 0 aromatic carbocycles. The number of hydrogen-bond acceptors (Lipinski definition) is 3. The highest BCUT2D eigenvalue weighted by atomic mass is 16.6. The molecule has 3 heteroatoms. The maximum absolute atomic E-state index is 11.1. The number of ether oxygens (including phenoxy) is 1. The lowest BCUT2D eigenvalue weighted by molar-refractivity contribution is -0.156. The zero-order chi connectivity index (χ0) is 12.9. The molecule has 0 aliphatic rings. The van der Waals surface area contributed by atoms with Crippen LogP contribution in [0.2, 0.25) is 0 Å². The molecule has 0 fully saturated rings. The number of hydrogen-bond donors (Lipinski definition) is 0. The average Bonchev–Trinajstić information content (AvgIpc) is 2.32. The van der Waals surface area contributed by atoms with Crippen LogP contribution in [-0.4, -0.2) is 11.9 Å². The predicted octanol–water partition coefficient (Wildman–Crippen LogP) is 3.77. The van der Waals surface area contributed by atoms with Crippen molar-refractivity contribution in [2.24, 2.45) is 0 Å². The van der Waals surface area contributed by atoms with Crippen LogP contribution in [0.15, 0.2) is 12.7 Å². The molecule has 0 heterocycles. The van der Waals surface area contributed by atoms with Crippen molar-refractivity contribution in [3.05, 3.63) is 12.7 Å². The minimum atomic E-state index is -0.658. The molecule has 0 aromatic heterocycles. The van der Waals surface area contributed by atoms with E-state index >= 15 is 0 Å². The summed E-state index contributed by atoms with van der Waals surface area (Å²) in [6.07, 6.45) is 10.7. The van der Waals surface area contributed by atoms with Crippen molar-refractivity contribution in [3.63, 3.8) is 0 Å². The van der Waals surface area contributed by atoms with Crippen molar-refractivity contribution in [2.45, 2.75) is 64.7 Å². The molecule has 0 atom stereocenters. The Labute approximate surface area is 104 Å². The van der Waals surface area contributed by atoms with E-state index in [2.05, 4.69) is 18.2 Å². The van der Waals surface area contributed by atoms with Gasteiger partial charge in [0.1, 0.15) is 0 Å². The molecule has 0 saturated carbocycles. The summed E-state index contributed by atoms with van der Waals surface area (Å²) >= 11 is 0. The number of unbranched alkanes of at least 4 members (excludes halogenated alkanes) is 7. The SMILES string of the molecule is C=CC(=O)OC(=O)CCCCCCCCCC. The lowest BCUT2D eigenvalue weighted by Gasteiger charge is -2.01. The number of rotatable bonds is 10. The van der Waals surface area contributed by atoms with Crippen LogP contribution in [-0.2, 0) is 14.3 Å². The third-order valence-electron chi connectivity index (χ3n) is 2.62. The molecular weight excluding hydrogens is 216 g/mol. The highest BCUT2D eigenvalue weighted by Gasteiger charge is 2.06. The Balaban J connectivity index is 3.25. The minimum Gasteiger partial charge on any atom is -0.390 e. The second kappa shape index (κ2) is 11.4. The normalized spacial score (nSPS) is 9.94. The number of carbonyl (C=O) groups is 2. The Hall–Kier alpha value is -1.12. The molecule has 0 amide bonds. The van der Waals surface area contributed by atoms with Crippen LogP contribution in [0.25, 0.3) is 0 Å².